The van der Waals surface area contributed by atoms with E-state index in [0.29, 0.717) is 5.56 Å². The Morgan fingerprint density at radius 2 is 1.41 bits per heavy atom. The molecule has 29 heavy (non-hydrogen) atoms. The largest absolute Gasteiger partial charge is 0.456 e. The summed E-state index contributed by atoms with van der Waals surface area (Å²) < 4.78 is 18.4. The molecule has 6 heteroatoms. The first-order chi connectivity index (χ1) is 14.0. The minimum Gasteiger partial charge on any atom is -0.456 e. The lowest BCUT2D eigenvalue weighted by Gasteiger charge is -2.07. The van der Waals surface area contributed by atoms with E-state index < -0.39 is 30.8 Å². The Kier molecular flexibility index (Phi) is 6.47. The lowest BCUT2D eigenvalue weighted by molar-refractivity contribution is -0.141. The van der Waals surface area contributed by atoms with Crippen LogP contribution in [0, 0.1) is 5.82 Å². The molecule has 0 bridgehead atoms. The number of rotatable bonds is 7. The molecule has 3 aromatic carbocycles. The number of esters is 1. The molecule has 0 aromatic heterocycles. The highest BCUT2D eigenvalue weighted by Crippen LogP contribution is 2.19. The molecule has 0 heterocycles. The third-order valence-electron chi connectivity index (χ3n) is 4.19. The molecule has 5 nitrogen and oxygen atoms in total. The Bertz CT molecular complexity index is 1020. The summed E-state index contributed by atoms with van der Waals surface area (Å²) in [4.78, 5) is 35.8. The molecule has 0 spiro atoms. The highest BCUT2D eigenvalue weighted by Gasteiger charge is 2.14. The van der Waals surface area contributed by atoms with Crippen molar-refractivity contribution in [3.05, 3.63) is 95.8 Å². The average molecular weight is 391 g/mol. The van der Waals surface area contributed by atoms with Crippen molar-refractivity contribution in [3.63, 3.8) is 0 Å². The number of ketones is 1. The van der Waals surface area contributed by atoms with E-state index in [4.69, 9.17) is 4.74 Å². The number of ether oxygens (including phenoxy) is 1. The van der Waals surface area contributed by atoms with Gasteiger partial charge in [0.2, 0.25) is 0 Å². The lowest BCUT2D eigenvalue weighted by atomic mass is 10.0. The van der Waals surface area contributed by atoms with Crippen molar-refractivity contribution < 1.29 is 23.5 Å². The second-order valence-electron chi connectivity index (χ2n) is 6.19. The van der Waals surface area contributed by atoms with Gasteiger partial charge in [0, 0.05) is 5.56 Å². The number of benzene rings is 3. The van der Waals surface area contributed by atoms with Crippen LogP contribution in [-0.2, 0) is 9.53 Å². The minimum absolute atomic E-state index is 0.171. The topological polar surface area (TPSA) is 72.5 Å². The quantitative estimate of drug-likeness (QED) is 0.493. The van der Waals surface area contributed by atoms with Crippen LogP contribution in [0.25, 0.3) is 11.1 Å². The molecule has 0 aliphatic carbocycles. The first-order valence-electron chi connectivity index (χ1n) is 8.91. The Hall–Kier alpha value is -3.80. The number of halogens is 1. The van der Waals surface area contributed by atoms with Gasteiger partial charge < -0.3 is 10.1 Å². The van der Waals surface area contributed by atoms with Crippen molar-refractivity contribution in [2.45, 2.75) is 0 Å². The summed E-state index contributed by atoms with van der Waals surface area (Å²) >= 11 is 0. The molecular weight excluding hydrogens is 373 g/mol. The van der Waals surface area contributed by atoms with Crippen molar-refractivity contribution in [3.8, 4) is 11.1 Å². The lowest BCUT2D eigenvalue weighted by Crippen LogP contribution is -2.32. The number of hydrogen-bond acceptors (Lipinski definition) is 4. The Morgan fingerprint density at radius 3 is 2.10 bits per heavy atom. The van der Waals surface area contributed by atoms with Gasteiger partial charge in [-0.05, 0) is 23.3 Å². The van der Waals surface area contributed by atoms with Crippen LogP contribution in [0.3, 0.4) is 0 Å². The highest BCUT2D eigenvalue weighted by molar-refractivity contribution is 5.99. The zero-order chi connectivity index (χ0) is 20.6. The number of Topliss-reactive ketones (excluding diaryl/α,β-unsaturated/α-hetero) is 1. The molecule has 0 radical (unpaired) electrons. The monoisotopic (exact) mass is 391 g/mol. The number of hydrogen-bond donors (Lipinski definition) is 1. The Morgan fingerprint density at radius 1 is 0.793 bits per heavy atom. The first kappa shape index (κ1) is 19.9. The molecule has 0 aliphatic rings. The van der Waals surface area contributed by atoms with Crippen LogP contribution in [0.5, 0.6) is 0 Å². The number of nitrogens with one attached hydrogen (secondary N) is 1. The van der Waals surface area contributed by atoms with Gasteiger partial charge in [0.15, 0.2) is 12.4 Å². The van der Waals surface area contributed by atoms with Gasteiger partial charge in [-0.15, -0.1) is 0 Å². The molecule has 0 atom stereocenters. The molecule has 1 amide bonds. The van der Waals surface area contributed by atoms with Crippen LogP contribution in [0.4, 0.5) is 4.39 Å². The summed E-state index contributed by atoms with van der Waals surface area (Å²) in [6, 6.07) is 22.1. The van der Waals surface area contributed by atoms with E-state index in [1.807, 2.05) is 42.5 Å². The fourth-order valence-corrected chi connectivity index (χ4v) is 2.65. The maximum Gasteiger partial charge on any atom is 0.325 e. The maximum absolute atomic E-state index is 13.5. The van der Waals surface area contributed by atoms with Crippen molar-refractivity contribution in [1.82, 2.24) is 5.32 Å². The normalized spacial score (nSPS) is 10.2. The number of carbonyl (C=O) groups excluding carboxylic acids is 3. The summed E-state index contributed by atoms with van der Waals surface area (Å²) in [7, 11) is 0. The van der Waals surface area contributed by atoms with Gasteiger partial charge in [-0.25, -0.2) is 4.39 Å². The summed E-state index contributed by atoms with van der Waals surface area (Å²) in [5.74, 6) is -2.57. The van der Waals surface area contributed by atoms with E-state index >= 15 is 0 Å². The van der Waals surface area contributed by atoms with Crippen LogP contribution in [0.1, 0.15) is 20.7 Å². The minimum atomic E-state index is -0.788. The van der Waals surface area contributed by atoms with E-state index in [0.717, 1.165) is 17.2 Å². The van der Waals surface area contributed by atoms with Gasteiger partial charge in [0.25, 0.3) is 5.91 Å². The van der Waals surface area contributed by atoms with Crippen LogP contribution in [0.2, 0.25) is 0 Å². The third kappa shape index (κ3) is 5.35. The van der Waals surface area contributed by atoms with E-state index in [1.165, 1.54) is 18.2 Å². The van der Waals surface area contributed by atoms with Crippen molar-refractivity contribution in [1.29, 1.82) is 0 Å². The van der Waals surface area contributed by atoms with E-state index in [2.05, 4.69) is 5.32 Å². The molecule has 1 N–H and O–H groups in total. The second kappa shape index (κ2) is 9.41. The molecule has 0 aliphatic heterocycles. The number of amides is 1. The molecule has 3 rings (SSSR count). The molecule has 3 aromatic rings. The maximum atomic E-state index is 13.5. The SMILES string of the molecule is O=C(CNC(=O)c1ccccc1F)OCC(=O)c1ccc(-c2ccccc2)cc1. The molecule has 146 valence electrons. The first-order valence-corrected chi connectivity index (χ1v) is 8.91. The fraction of sp³-hybridized carbons (Fsp3) is 0.0870. The summed E-state index contributed by atoms with van der Waals surface area (Å²) in [5.41, 5.74) is 2.24. The standard InChI is InChI=1S/C23H18FNO4/c24-20-9-5-4-8-19(20)23(28)25-14-22(27)29-15-21(26)18-12-10-17(11-13-18)16-6-2-1-3-7-16/h1-13H,14-15H2,(H,25,28). The zero-order valence-corrected chi connectivity index (χ0v) is 15.4. The molecular formula is C23H18FNO4. The van der Waals surface area contributed by atoms with Crippen LogP contribution in [0.15, 0.2) is 78.9 Å². The molecule has 0 saturated carbocycles. The molecule has 0 unspecified atom stereocenters. The van der Waals surface area contributed by atoms with Crippen molar-refractivity contribution in [2.24, 2.45) is 0 Å². The van der Waals surface area contributed by atoms with Gasteiger partial charge in [0.05, 0.1) is 5.56 Å². The van der Waals surface area contributed by atoms with Gasteiger partial charge >= 0.3 is 5.97 Å². The van der Waals surface area contributed by atoms with E-state index in [9.17, 15) is 18.8 Å². The van der Waals surface area contributed by atoms with Crippen LogP contribution >= 0.6 is 0 Å². The number of carbonyl (C=O) groups is 3. The van der Waals surface area contributed by atoms with Gasteiger partial charge in [-0.2, -0.15) is 0 Å². The van der Waals surface area contributed by atoms with Gasteiger partial charge in [0.1, 0.15) is 12.4 Å². The second-order valence-corrected chi connectivity index (χ2v) is 6.19. The zero-order valence-electron chi connectivity index (χ0n) is 15.4. The Labute approximate surface area is 167 Å². The molecule has 0 fully saturated rings. The summed E-state index contributed by atoms with van der Waals surface area (Å²) in [6.07, 6.45) is 0. The van der Waals surface area contributed by atoms with E-state index in [-0.39, 0.29) is 11.3 Å². The summed E-state index contributed by atoms with van der Waals surface area (Å²) in [6.45, 7) is -0.910. The van der Waals surface area contributed by atoms with Crippen molar-refractivity contribution >= 4 is 17.7 Å². The van der Waals surface area contributed by atoms with E-state index in [1.54, 1.807) is 12.1 Å². The van der Waals surface area contributed by atoms with Gasteiger partial charge in [-0.3, -0.25) is 14.4 Å². The summed E-state index contributed by atoms with van der Waals surface area (Å²) in [5, 5.41) is 2.26. The van der Waals surface area contributed by atoms with Gasteiger partial charge in [-0.1, -0.05) is 66.7 Å². The Balaban J connectivity index is 1.48. The van der Waals surface area contributed by atoms with Crippen molar-refractivity contribution in [2.75, 3.05) is 13.2 Å². The third-order valence-corrected chi connectivity index (χ3v) is 4.19. The smallest absolute Gasteiger partial charge is 0.325 e. The highest BCUT2D eigenvalue weighted by atomic mass is 19.1. The average Bonchev–Trinajstić information content (AvgIpc) is 2.77. The molecule has 0 saturated heterocycles. The fourth-order valence-electron chi connectivity index (χ4n) is 2.65. The van der Waals surface area contributed by atoms with Crippen LogP contribution in [-0.4, -0.2) is 30.8 Å². The predicted molar refractivity (Wildman–Crippen MR) is 106 cm³/mol. The van der Waals surface area contributed by atoms with Crippen LogP contribution < -0.4 is 5.32 Å². The predicted octanol–water partition coefficient (Wildman–Crippen LogP) is 3.65.